The molecule has 0 bridgehead atoms. The minimum atomic E-state index is -2.34. The molecule has 1 rings (SSSR count). The van der Waals surface area contributed by atoms with Crippen molar-refractivity contribution in [3.8, 4) is 0 Å². The van der Waals surface area contributed by atoms with E-state index in [0.717, 1.165) is 0 Å². The summed E-state index contributed by atoms with van der Waals surface area (Å²) < 4.78 is 48.5. The number of ether oxygens (including phenoxy) is 1. The first-order valence-electron chi connectivity index (χ1n) is 10.1. The molecule has 0 aromatic heterocycles. The van der Waals surface area contributed by atoms with Gasteiger partial charge in [-0.3, -0.25) is 9.59 Å². The molecule has 7 heteroatoms. The minimum Gasteiger partial charge on any atom is -0.481 e. The van der Waals surface area contributed by atoms with E-state index in [-0.39, 0.29) is 25.7 Å². The standard InChI is InChI=1S/C15H26O7/c1-3-5-8(6-4-2)15(21)22-10-7-9(14(19)20)11(16)13(18)12(10)17/h8-13,16-18H,3-7H2,1-2H3,(H,19,20)/t9?,10-,11-,12-,13?/m1/s1/i1D3,2D3. The number of aliphatic hydroxyl groups is 3. The van der Waals surface area contributed by atoms with Gasteiger partial charge in [0.1, 0.15) is 18.3 Å². The van der Waals surface area contributed by atoms with Crippen molar-refractivity contribution in [2.45, 2.75) is 70.2 Å². The highest BCUT2D eigenvalue weighted by atomic mass is 16.6. The van der Waals surface area contributed by atoms with E-state index >= 15 is 0 Å². The van der Waals surface area contributed by atoms with Crippen molar-refractivity contribution in [2.24, 2.45) is 11.8 Å². The first-order chi connectivity index (χ1) is 12.6. The molecule has 1 aliphatic carbocycles. The van der Waals surface area contributed by atoms with Gasteiger partial charge in [0.25, 0.3) is 0 Å². The fourth-order valence-electron chi connectivity index (χ4n) is 2.53. The highest BCUT2D eigenvalue weighted by Crippen LogP contribution is 2.29. The van der Waals surface area contributed by atoms with Gasteiger partial charge in [0.15, 0.2) is 0 Å². The van der Waals surface area contributed by atoms with Gasteiger partial charge in [0.2, 0.25) is 0 Å². The summed E-state index contributed by atoms with van der Waals surface area (Å²) in [6, 6.07) is 0. The fourth-order valence-corrected chi connectivity index (χ4v) is 2.53. The number of carbonyl (C=O) groups is 2. The van der Waals surface area contributed by atoms with Crippen molar-refractivity contribution in [3.63, 3.8) is 0 Å². The van der Waals surface area contributed by atoms with Gasteiger partial charge in [0, 0.05) is 14.6 Å². The molecule has 0 aromatic rings. The molecule has 1 aliphatic rings. The number of aliphatic hydroxyl groups excluding tert-OH is 3. The van der Waals surface area contributed by atoms with E-state index in [1.54, 1.807) is 0 Å². The molecule has 0 saturated heterocycles. The molecule has 0 aromatic carbocycles. The van der Waals surface area contributed by atoms with E-state index in [9.17, 15) is 24.9 Å². The Morgan fingerprint density at radius 1 is 1.14 bits per heavy atom. The van der Waals surface area contributed by atoms with Crippen LogP contribution in [0.4, 0.5) is 0 Å². The second-order valence-electron chi connectivity index (χ2n) is 5.40. The minimum absolute atomic E-state index is 0.179. The molecule has 0 amide bonds. The van der Waals surface area contributed by atoms with E-state index in [2.05, 4.69) is 0 Å². The van der Waals surface area contributed by atoms with Gasteiger partial charge in [-0.25, -0.2) is 0 Å². The maximum Gasteiger partial charge on any atom is 0.309 e. The topological polar surface area (TPSA) is 124 Å². The lowest BCUT2D eigenvalue weighted by atomic mass is 9.80. The van der Waals surface area contributed by atoms with Gasteiger partial charge in [-0.2, -0.15) is 0 Å². The van der Waals surface area contributed by atoms with Crippen molar-refractivity contribution < 1.29 is 43.0 Å². The number of carboxylic acid groups (broad SMARTS) is 1. The zero-order valence-corrected chi connectivity index (χ0v) is 12.0. The normalized spacial score (nSPS) is 37.2. The van der Waals surface area contributed by atoms with Gasteiger partial charge >= 0.3 is 11.9 Å². The van der Waals surface area contributed by atoms with E-state index in [1.165, 1.54) is 0 Å². The first-order valence-corrected chi connectivity index (χ1v) is 7.10. The van der Waals surface area contributed by atoms with Crippen LogP contribution in [0.15, 0.2) is 0 Å². The highest BCUT2D eigenvalue weighted by molar-refractivity contribution is 5.73. The predicted octanol–water partition coefficient (Wildman–Crippen LogP) is 0.302. The molecule has 5 atom stereocenters. The van der Waals surface area contributed by atoms with Crippen LogP contribution >= 0.6 is 0 Å². The Balaban J connectivity index is 2.87. The lowest BCUT2D eigenvalue weighted by molar-refractivity contribution is -0.195. The highest BCUT2D eigenvalue weighted by Gasteiger charge is 2.47. The lowest BCUT2D eigenvalue weighted by Gasteiger charge is -2.38. The van der Waals surface area contributed by atoms with Crippen LogP contribution in [-0.4, -0.2) is 56.8 Å². The molecule has 22 heavy (non-hydrogen) atoms. The van der Waals surface area contributed by atoms with Crippen LogP contribution in [0.1, 0.15) is 54.0 Å². The van der Waals surface area contributed by atoms with Crippen LogP contribution in [-0.2, 0) is 14.3 Å². The Morgan fingerprint density at radius 3 is 2.23 bits per heavy atom. The Morgan fingerprint density at radius 2 is 1.73 bits per heavy atom. The maximum absolute atomic E-state index is 12.5. The van der Waals surface area contributed by atoms with E-state index < -0.39 is 68.3 Å². The zero-order chi connectivity index (χ0) is 21.9. The van der Waals surface area contributed by atoms with Crippen molar-refractivity contribution in [1.82, 2.24) is 0 Å². The van der Waals surface area contributed by atoms with Crippen LogP contribution in [0.25, 0.3) is 0 Å². The summed E-state index contributed by atoms with van der Waals surface area (Å²) in [6.45, 7) is -4.67. The second kappa shape index (κ2) is 8.45. The van der Waals surface area contributed by atoms with Crippen molar-refractivity contribution in [3.05, 3.63) is 0 Å². The molecule has 128 valence electrons. The predicted molar refractivity (Wildman–Crippen MR) is 76.9 cm³/mol. The van der Waals surface area contributed by atoms with Crippen LogP contribution in [0, 0.1) is 11.8 Å². The van der Waals surface area contributed by atoms with Crippen LogP contribution in [0.5, 0.6) is 0 Å². The zero-order valence-electron chi connectivity index (χ0n) is 18.0. The molecule has 7 nitrogen and oxygen atoms in total. The van der Waals surface area contributed by atoms with Crippen LogP contribution < -0.4 is 0 Å². The largest absolute Gasteiger partial charge is 0.481 e. The van der Waals surface area contributed by atoms with E-state index in [1.807, 2.05) is 0 Å². The lowest BCUT2D eigenvalue weighted by Crippen LogP contribution is -2.56. The summed E-state index contributed by atoms with van der Waals surface area (Å²) >= 11 is 0. The third-order valence-corrected chi connectivity index (χ3v) is 3.88. The molecule has 1 fully saturated rings. The molecule has 0 spiro atoms. The maximum atomic E-state index is 12.5. The average molecular weight is 324 g/mol. The summed E-state index contributed by atoms with van der Waals surface area (Å²) in [4.78, 5) is 23.7. The third kappa shape index (κ3) is 4.41. The van der Waals surface area contributed by atoms with Gasteiger partial charge in [-0.05, 0) is 12.8 Å². The second-order valence-corrected chi connectivity index (χ2v) is 5.40. The summed E-state index contributed by atoms with van der Waals surface area (Å²) in [6.07, 6.45) is -8.30. The molecule has 0 radical (unpaired) electrons. The van der Waals surface area contributed by atoms with E-state index in [0.29, 0.717) is 0 Å². The van der Waals surface area contributed by atoms with Crippen molar-refractivity contribution in [2.75, 3.05) is 0 Å². The Hall–Kier alpha value is -1.18. The summed E-state index contributed by atoms with van der Waals surface area (Å²) in [5, 5.41) is 38.6. The Labute approximate surface area is 138 Å². The number of hydrogen-bond donors (Lipinski definition) is 4. The van der Waals surface area contributed by atoms with Crippen molar-refractivity contribution in [1.29, 1.82) is 0 Å². The number of rotatable bonds is 7. The first kappa shape index (κ1) is 11.4. The Kier molecular flexibility index (Phi) is 4.37. The molecule has 4 N–H and O–H groups in total. The smallest absolute Gasteiger partial charge is 0.309 e. The monoisotopic (exact) mass is 324 g/mol. The number of esters is 1. The van der Waals surface area contributed by atoms with Gasteiger partial charge in [0.05, 0.1) is 17.9 Å². The van der Waals surface area contributed by atoms with Gasteiger partial charge in [-0.15, -0.1) is 0 Å². The number of aliphatic carboxylic acids is 1. The third-order valence-electron chi connectivity index (χ3n) is 3.88. The number of hydrogen-bond acceptors (Lipinski definition) is 6. The average Bonchev–Trinajstić information content (AvgIpc) is 2.52. The summed E-state index contributed by atoms with van der Waals surface area (Å²) in [5.74, 6) is -4.98. The molecule has 1 saturated carbocycles. The SMILES string of the molecule is [2H]C([2H])([2H])CCC(CCC([2H])([2H])[2H])C(=O)O[C@@H]1CC(C(=O)O)[C@@H](O)C(O)[C@@H]1O. The molecule has 0 heterocycles. The summed E-state index contributed by atoms with van der Waals surface area (Å²) in [7, 11) is 0. The number of carboxylic acids is 1. The Bertz CT molecular complexity index is 532. The van der Waals surface area contributed by atoms with Gasteiger partial charge in [-0.1, -0.05) is 26.5 Å². The van der Waals surface area contributed by atoms with Crippen LogP contribution in [0.3, 0.4) is 0 Å². The molecular weight excluding hydrogens is 292 g/mol. The molecule has 2 unspecified atom stereocenters. The molecular formula is C15H26O7. The van der Waals surface area contributed by atoms with Crippen molar-refractivity contribution >= 4 is 11.9 Å². The number of carbonyl (C=O) groups excluding carboxylic acids is 1. The fraction of sp³-hybridized carbons (Fsp3) is 0.867. The van der Waals surface area contributed by atoms with Crippen LogP contribution in [0.2, 0.25) is 0 Å². The summed E-state index contributed by atoms with van der Waals surface area (Å²) in [5.41, 5.74) is 0. The van der Waals surface area contributed by atoms with E-state index in [4.69, 9.17) is 18.1 Å². The van der Waals surface area contributed by atoms with Gasteiger partial charge < -0.3 is 25.2 Å². The quantitative estimate of drug-likeness (QED) is 0.496. The molecule has 0 aliphatic heterocycles.